The van der Waals surface area contributed by atoms with Crippen LogP contribution < -0.4 is 10.1 Å². The second-order valence-corrected chi connectivity index (χ2v) is 7.13. The van der Waals surface area contributed by atoms with Gasteiger partial charge in [0, 0.05) is 46.3 Å². The van der Waals surface area contributed by atoms with Crippen LogP contribution in [0.25, 0.3) is 22.0 Å². The molecule has 3 aromatic rings. The van der Waals surface area contributed by atoms with Crippen molar-refractivity contribution in [1.82, 2.24) is 9.97 Å². The summed E-state index contributed by atoms with van der Waals surface area (Å²) in [5.41, 5.74) is 2.40. The molecule has 0 amide bonds. The fraction of sp³-hybridized carbons (Fsp3) is 0.286. The molecule has 0 saturated heterocycles. The fourth-order valence-corrected chi connectivity index (χ4v) is 3.04. The Morgan fingerprint density at radius 2 is 2.04 bits per heavy atom. The summed E-state index contributed by atoms with van der Waals surface area (Å²) in [5.74, 6) is 0.315. The number of nitrogens with zero attached hydrogens (tertiary/aromatic N) is 2. The van der Waals surface area contributed by atoms with Gasteiger partial charge in [-0.25, -0.2) is 9.97 Å². The second-order valence-electron chi connectivity index (χ2n) is 6.73. The van der Waals surface area contributed by atoms with Crippen LogP contribution >= 0.6 is 11.6 Å². The van der Waals surface area contributed by atoms with Crippen molar-refractivity contribution in [3.63, 3.8) is 0 Å². The van der Waals surface area contributed by atoms with Gasteiger partial charge in [0.15, 0.2) is 0 Å². The summed E-state index contributed by atoms with van der Waals surface area (Å²) < 4.78 is 5.92. The number of carboxylic acids is 1. The van der Waals surface area contributed by atoms with E-state index in [0.29, 0.717) is 23.1 Å². The monoisotopic (exact) mass is 399 g/mol. The van der Waals surface area contributed by atoms with E-state index < -0.39 is 5.97 Å². The maximum atomic E-state index is 10.7. The van der Waals surface area contributed by atoms with E-state index in [1.165, 1.54) is 0 Å². The number of aliphatic carboxylic acids is 1. The lowest BCUT2D eigenvalue weighted by Crippen LogP contribution is -2.12. The van der Waals surface area contributed by atoms with Crippen molar-refractivity contribution in [2.24, 2.45) is 0 Å². The summed E-state index contributed by atoms with van der Waals surface area (Å²) in [6, 6.07) is 11.5. The van der Waals surface area contributed by atoms with Gasteiger partial charge >= 0.3 is 5.97 Å². The smallest absolute Gasteiger partial charge is 0.303 e. The van der Waals surface area contributed by atoms with E-state index in [-0.39, 0.29) is 19.1 Å². The molecule has 3 rings (SSSR count). The Kier molecular flexibility index (Phi) is 6.31. The quantitative estimate of drug-likeness (QED) is 0.518. The number of benzene rings is 2. The zero-order valence-corrected chi connectivity index (χ0v) is 16.5. The molecule has 0 aliphatic rings. The highest BCUT2D eigenvalue weighted by Gasteiger charge is 2.13. The zero-order valence-electron chi connectivity index (χ0n) is 15.8. The number of hydrogen-bond acceptors (Lipinski definition) is 5. The van der Waals surface area contributed by atoms with Crippen molar-refractivity contribution in [3.8, 4) is 16.9 Å². The van der Waals surface area contributed by atoms with E-state index in [1.807, 2.05) is 50.2 Å². The minimum absolute atomic E-state index is 0.0552. The number of anilines is 1. The molecule has 6 nitrogen and oxygen atoms in total. The summed E-state index contributed by atoms with van der Waals surface area (Å²) >= 11 is 6.39. The van der Waals surface area contributed by atoms with Gasteiger partial charge in [-0.1, -0.05) is 29.8 Å². The SMILES string of the molecule is CC(C)Nc1ncc2cc(-c3ccccc3Cl)c(OCCCC(=O)O)cc2n1. The molecule has 0 bridgehead atoms. The van der Waals surface area contributed by atoms with E-state index in [4.69, 9.17) is 21.4 Å². The highest BCUT2D eigenvalue weighted by atomic mass is 35.5. The van der Waals surface area contributed by atoms with Gasteiger partial charge < -0.3 is 15.2 Å². The molecular weight excluding hydrogens is 378 g/mol. The molecule has 7 heteroatoms. The topological polar surface area (TPSA) is 84.3 Å². The molecule has 1 heterocycles. The standard InChI is InChI=1S/C21H22ClN3O3/c1-13(2)24-21-23-12-14-10-16(15-6-3-4-7-17(15)22)19(11-18(14)25-21)28-9-5-8-20(26)27/h3-4,6-7,10-13H,5,8-9H2,1-2H3,(H,26,27)(H,23,24,25). The summed E-state index contributed by atoms with van der Waals surface area (Å²) in [7, 11) is 0. The van der Waals surface area contributed by atoms with Gasteiger partial charge in [0.05, 0.1) is 12.1 Å². The van der Waals surface area contributed by atoms with Gasteiger partial charge in [-0.3, -0.25) is 4.79 Å². The third-order valence-corrected chi connectivity index (χ3v) is 4.39. The van der Waals surface area contributed by atoms with E-state index in [2.05, 4.69) is 15.3 Å². The number of fused-ring (bicyclic) bond motifs is 1. The van der Waals surface area contributed by atoms with E-state index in [1.54, 1.807) is 6.20 Å². The summed E-state index contributed by atoms with van der Waals surface area (Å²) in [6.07, 6.45) is 2.24. The lowest BCUT2D eigenvalue weighted by atomic mass is 10.0. The molecule has 2 aromatic carbocycles. The van der Waals surface area contributed by atoms with Crippen molar-refractivity contribution < 1.29 is 14.6 Å². The fourth-order valence-electron chi connectivity index (χ4n) is 2.80. The van der Waals surface area contributed by atoms with Gasteiger partial charge in [0.2, 0.25) is 5.95 Å². The van der Waals surface area contributed by atoms with E-state index in [9.17, 15) is 4.79 Å². The van der Waals surface area contributed by atoms with Crippen LogP contribution in [0.4, 0.5) is 5.95 Å². The van der Waals surface area contributed by atoms with Crippen molar-refractivity contribution >= 4 is 34.4 Å². The van der Waals surface area contributed by atoms with Crippen LogP contribution in [0.2, 0.25) is 5.02 Å². The van der Waals surface area contributed by atoms with Crippen LogP contribution in [0, 0.1) is 0 Å². The van der Waals surface area contributed by atoms with Gasteiger partial charge in [0.1, 0.15) is 5.75 Å². The molecule has 0 spiro atoms. The van der Waals surface area contributed by atoms with Crippen molar-refractivity contribution in [1.29, 1.82) is 0 Å². The minimum Gasteiger partial charge on any atom is -0.493 e. The third-order valence-electron chi connectivity index (χ3n) is 4.06. The van der Waals surface area contributed by atoms with Crippen LogP contribution in [0.3, 0.4) is 0 Å². The number of halogens is 1. The highest BCUT2D eigenvalue weighted by Crippen LogP contribution is 2.37. The highest BCUT2D eigenvalue weighted by molar-refractivity contribution is 6.33. The lowest BCUT2D eigenvalue weighted by Gasteiger charge is -2.15. The second kappa shape index (κ2) is 8.89. The molecule has 2 N–H and O–H groups in total. The largest absolute Gasteiger partial charge is 0.493 e. The first-order valence-electron chi connectivity index (χ1n) is 9.11. The first kappa shape index (κ1) is 19.9. The number of rotatable bonds is 8. The Bertz CT molecular complexity index is 992. The average Bonchev–Trinajstić information content (AvgIpc) is 2.64. The number of carbonyl (C=O) groups is 1. The number of ether oxygens (including phenoxy) is 1. The molecule has 0 fully saturated rings. The van der Waals surface area contributed by atoms with E-state index >= 15 is 0 Å². The molecule has 146 valence electrons. The predicted octanol–water partition coefficient (Wildman–Crippen LogP) is 5.01. The number of aromatic nitrogens is 2. The first-order chi connectivity index (χ1) is 13.4. The lowest BCUT2D eigenvalue weighted by molar-refractivity contribution is -0.137. The Morgan fingerprint density at radius 3 is 2.75 bits per heavy atom. The van der Waals surface area contributed by atoms with Crippen molar-refractivity contribution in [2.75, 3.05) is 11.9 Å². The molecule has 28 heavy (non-hydrogen) atoms. The van der Waals surface area contributed by atoms with Crippen LogP contribution in [0.1, 0.15) is 26.7 Å². The Morgan fingerprint density at radius 1 is 1.25 bits per heavy atom. The van der Waals surface area contributed by atoms with Crippen LogP contribution in [0.5, 0.6) is 5.75 Å². The summed E-state index contributed by atoms with van der Waals surface area (Å²) in [4.78, 5) is 19.7. The Balaban J connectivity index is 2.01. The number of nitrogens with one attached hydrogen (secondary N) is 1. The molecular formula is C21H22ClN3O3. The van der Waals surface area contributed by atoms with Gasteiger partial charge in [-0.15, -0.1) is 0 Å². The van der Waals surface area contributed by atoms with Crippen LogP contribution in [-0.2, 0) is 4.79 Å². The molecule has 0 aliphatic carbocycles. The Hall–Kier alpha value is -2.86. The van der Waals surface area contributed by atoms with Gasteiger partial charge in [0.25, 0.3) is 0 Å². The van der Waals surface area contributed by atoms with Gasteiger partial charge in [-0.05, 0) is 32.4 Å². The molecule has 0 saturated carbocycles. The molecule has 0 atom stereocenters. The van der Waals surface area contributed by atoms with Crippen LogP contribution in [-0.4, -0.2) is 33.7 Å². The zero-order chi connectivity index (χ0) is 20.1. The molecule has 0 radical (unpaired) electrons. The minimum atomic E-state index is -0.842. The predicted molar refractivity (Wildman–Crippen MR) is 111 cm³/mol. The molecule has 0 unspecified atom stereocenters. The normalized spacial score (nSPS) is 11.0. The maximum Gasteiger partial charge on any atom is 0.303 e. The van der Waals surface area contributed by atoms with Crippen LogP contribution in [0.15, 0.2) is 42.6 Å². The van der Waals surface area contributed by atoms with Gasteiger partial charge in [-0.2, -0.15) is 0 Å². The maximum absolute atomic E-state index is 10.7. The summed E-state index contributed by atoms with van der Waals surface area (Å²) in [5, 5.41) is 13.5. The van der Waals surface area contributed by atoms with E-state index in [0.717, 1.165) is 22.0 Å². The summed E-state index contributed by atoms with van der Waals surface area (Å²) in [6.45, 7) is 4.33. The Labute approximate surface area is 168 Å². The molecule has 1 aromatic heterocycles. The average molecular weight is 400 g/mol. The number of carboxylic acid groups (broad SMARTS) is 1. The van der Waals surface area contributed by atoms with Crippen molar-refractivity contribution in [3.05, 3.63) is 47.6 Å². The first-order valence-corrected chi connectivity index (χ1v) is 9.48. The third kappa shape index (κ3) is 4.89. The van der Waals surface area contributed by atoms with Crippen molar-refractivity contribution in [2.45, 2.75) is 32.7 Å². The molecule has 0 aliphatic heterocycles. The number of hydrogen-bond donors (Lipinski definition) is 2.